The molecule has 0 aliphatic carbocycles. The van der Waals surface area contributed by atoms with Crippen molar-refractivity contribution in [3.05, 3.63) is 22.8 Å². The zero-order valence-corrected chi connectivity index (χ0v) is 16.2. The van der Waals surface area contributed by atoms with Crippen LogP contribution in [0.25, 0.3) is 0 Å². The molecule has 1 aromatic rings. The number of hydrogen-bond acceptors (Lipinski definition) is 4. The lowest BCUT2D eigenvalue weighted by Gasteiger charge is -2.37. The van der Waals surface area contributed by atoms with Crippen molar-refractivity contribution in [3.63, 3.8) is 0 Å². The molecule has 4 heterocycles. The van der Waals surface area contributed by atoms with E-state index in [2.05, 4.69) is 15.2 Å². The molecule has 146 valence electrons. The summed E-state index contributed by atoms with van der Waals surface area (Å²) in [6.45, 7) is 4.77. The fourth-order valence-corrected chi connectivity index (χ4v) is 4.57. The predicted octanol–water partition coefficient (Wildman–Crippen LogP) is 2.36. The number of aromatic nitrogens is 1. The van der Waals surface area contributed by atoms with Crippen molar-refractivity contribution in [1.29, 1.82) is 0 Å². The van der Waals surface area contributed by atoms with Crippen molar-refractivity contribution in [1.82, 2.24) is 20.1 Å². The van der Waals surface area contributed by atoms with Crippen LogP contribution in [0.1, 0.15) is 42.5 Å². The topological polar surface area (TPSA) is 68.8 Å². The number of nitrogens with one attached hydrogen (secondary N) is 1. The standard InChI is InChI=1S/C19H26ClN5O2/c20-16-12-14(18(26)24-7-2-1-3-8-24)13-22-17(16)23-9-4-15(5-10-23)25-11-6-21-19(25)27/h12-13,15H,1-11H2,(H,21,27). The lowest BCUT2D eigenvalue weighted by molar-refractivity contribution is 0.0724. The highest BCUT2D eigenvalue weighted by atomic mass is 35.5. The van der Waals surface area contributed by atoms with Crippen LogP contribution < -0.4 is 10.2 Å². The third-order valence-electron chi connectivity index (χ3n) is 5.81. The quantitative estimate of drug-likeness (QED) is 0.858. The SMILES string of the molecule is O=C(c1cnc(N2CCC(N3CCNC3=O)CC2)c(Cl)c1)N1CCCCC1. The van der Waals surface area contributed by atoms with Gasteiger partial charge in [-0.3, -0.25) is 4.79 Å². The van der Waals surface area contributed by atoms with Gasteiger partial charge in [0.1, 0.15) is 5.82 Å². The maximum atomic E-state index is 12.6. The fraction of sp³-hybridized carbons (Fsp3) is 0.632. The summed E-state index contributed by atoms with van der Waals surface area (Å²) in [4.78, 5) is 35.0. The first-order chi connectivity index (χ1) is 13.1. The molecule has 1 N–H and O–H groups in total. The van der Waals surface area contributed by atoms with E-state index in [-0.39, 0.29) is 18.0 Å². The first-order valence-corrected chi connectivity index (χ1v) is 10.3. The molecule has 0 aromatic carbocycles. The zero-order chi connectivity index (χ0) is 18.8. The Hall–Kier alpha value is -2.02. The molecule has 0 saturated carbocycles. The number of amides is 3. The van der Waals surface area contributed by atoms with Crippen LogP contribution in [0.3, 0.4) is 0 Å². The molecule has 4 rings (SSSR count). The van der Waals surface area contributed by atoms with Gasteiger partial charge in [-0.25, -0.2) is 9.78 Å². The summed E-state index contributed by atoms with van der Waals surface area (Å²) < 4.78 is 0. The molecular formula is C19H26ClN5O2. The van der Waals surface area contributed by atoms with Crippen LogP contribution in [0.15, 0.2) is 12.3 Å². The summed E-state index contributed by atoms with van der Waals surface area (Å²) in [6, 6.07) is 2.08. The summed E-state index contributed by atoms with van der Waals surface area (Å²) in [5, 5.41) is 3.39. The average molecular weight is 392 g/mol. The molecule has 0 spiro atoms. The van der Waals surface area contributed by atoms with E-state index in [0.29, 0.717) is 10.6 Å². The van der Waals surface area contributed by atoms with Crippen LogP contribution in [0.5, 0.6) is 0 Å². The third-order valence-corrected chi connectivity index (χ3v) is 6.08. The molecule has 1 aromatic heterocycles. The number of anilines is 1. The molecule has 0 unspecified atom stereocenters. The number of hydrogen-bond donors (Lipinski definition) is 1. The lowest BCUT2D eigenvalue weighted by atomic mass is 10.0. The summed E-state index contributed by atoms with van der Waals surface area (Å²) in [5.74, 6) is 0.755. The molecule has 0 atom stereocenters. The van der Waals surface area contributed by atoms with Gasteiger partial charge < -0.3 is 20.0 Å². The van der Waals surface area contributed by atoms with Crippen molar-refractivity contribution in [2.75, 3.05) is 44.2 Å². The van der Waals surface area contributed by atoms with Gasteiger partial charge in [-0.1, -0.05) is 11.6 Å². The van der Waals surface area contributed by atoms with Gasteiger partial charge in [0, 0.05) is 51.5 Å². The van der Waals surface area contributed by atoms with Gasteiger partial charge in [0.05, 0.1) is 10.6 Å². The lowest BCUT2D eigenvalue weighted by Crippen LogP contribution is -2.46. The predicted molar refractivity (Wildman–Crippen MR) is 104 cm³/mol. The minimum atomic E-state index is 0.0226. The third kappa shape index (κ3) is 3.83. The van der Waals surface area contributed by atoms with Crippen LogP contribution >= 0.6 is 11.6 Å². The van der Waals surface area contributed by atoms with Gasteiger partial charge in [0.2, 0.25) is 0 Å². The van der Waals surface area contributed by atoms with Crippen LogP contribution in [-0.4, -0.2) is 72.0 Å². The second-order valence-electron chi connectivity index (χ2n) is 7.53. The second kappa shape index (κ2) is 7.92. The van der Waals surface area contributed by atoms with Crippen LogP contribution in [-0.2, 0) is 0 Å². The Morgan fingerprint density at radius 3 is 2.48 bits per heavy atom. The molecule has 3 fully saturated rings. The summed E-state index contributed by atoms with van der Waals surface area (Å²) in [7, 11) is 0. The summed E-state index contributed by atoms with van der Waals surface area (Å²) >= 11 is 6.48. The van der Waals surface area contributed by atoms with Gasteiger partial charge in [-0.05, 0) is 38.2 Å². The van der Waals surface area contributed by atoms with Crippen molar-refractivity contribution in [3.8, 4) is 0 Å². The monoisotopic (exact) mass is 391 g/mol. The van der Waals surface area contributed by atoms with E-state index >= 15 is 0 Å². The summed E-state index contributed by atoms with van der Waals surface area (Å²) in [5.41, 5.74) is 0.564. The van der Waals surface area contributed by atoms with Crippen molar-refractivity contribution >= 4 is 29.4 Å². The van der Waals surface area contributed by atoms with Crippen molar-refractivity contribution in [2.24, 2.45) is 0 Å². The Labute approximate surface area is 164 Å². The number of rotatable bonds is 3. The molecule has 8 heteroatoms. The van der Waals surface area contributed by atoms with Crippen molar-refractivity contribution < 1.29 is 9.59 Å². The number of piperidine rings is 2. The first-order valence-electron chi connectivity index (χ1n) is 9.88. The molecule has 3 saturated heterocycles. The van der Waals surface area contributed by atoms with E-state index < -0.39 is 0 Å². The Bertz CT molecular complexity index is 714. The fourth-order valence-electron chi connectivity index (χ4n) is 4.28. The molecule has 27 heavy (non-hydrogen) atoms. The minimum Gasteiger partial charge on any atom is -0.355 e. The maximum Gasteiger partial charge on any atom is 0.317 e. The highest BCUT2D eigenvalue weighted by Crippen LogP contribution is 2.29. The molecule has 7 nitrogen and oxygen atoms in total. The largest absolute Gasteiger partial charge is 0.355 e. The number of pyridine rings is 1. The van der Waals surface area contributed by atoms with Crippen LogP contribution in [0, 0.1) is 0 Å². The minimum absolute atomic E-state index is 0.0226. The van der Waals surface area contributed by atoms with E-state index in [1.54, 1.807) is 12.3 Å². The maximum absolute atomic E-state index is 12.6. The molecule has 0 bridgehead atoms. The van der Waals surface area contributed by atoms with Crippen molar-refractivity contribution in [2.45, 2.75) is 38.1 Å². The Morgan fingerprint density at radius 2 is 1.85 bits per heavy atom. The Kier molecular flexibility index (Phi) is 5.38. The highest BCUT2D eigenvalue weighted by Gasteiger charge is 2.31. The van der Waals surface area contributed by atoms with E-state index in [1.165, 1.54) is 6.42 Å². The first kappa shape index (κ1) is 18.3. The Balaban J connectivity index is 1.39. The molecule has 3 amide bonds. The number of halogens is 1. The van der Waals surface area contributed by atoms with Gasteiger partial charge in [0.25, 0.3) is 5.91 Å². The van der Waals surface area contributed by atoms with Crippen LogP contribution in [0.2, 0.25) is 5.02 Å². The normalized spacial score (nSPS) is 21.5. The smallest absolute Gasteiger partial charge is 0.317 e. The number of nitrogens with zero attached hydrogens (tertiary/aromatic N) is 4. The molecular weight excluding hydrogens is 366 g/mol. The second-order valence-corrected chi connectivity index (χ2v) is 7.93. The van der Waals surface area contributed by atoms with Crippen LogP contribution in [0.4, 0.5) is 10.6 Å². The number of carbonyl (C=O) groups is 2. The average Bonchev–Trinajstić information content (AvgIpc) is 3.14. The van der Waals surface area contributed by atoms with Gasteiger partial charge in [-0.2, -0.15) is 0 Å². The highest BCUT2D eigenvalue weighted by molar-refractivity contribution is 6.33. The van der Waals surface area contributed by atoms with Gasteiger partial charge >= 0.3 is 6.03 Å². The number of urea groups is 1. The van der Waals surface area contributed by atoms with Gasteiger partial charge in [0.15, 0.2) is 0 Å². The molecule has 0 radical (unpaired) electrons. The Morgan fingerprint density at radius 1 is 1.11 bits per heavy atom. The van der Waals surface area contributed by atoms with E-state index in [9.17, 15) is 9.59 Å². The summed E-state index contributed by atoms with van der Waals surface area (Å²) in [6.07, 6.45) is 6.78. The van der Waals surface area contributed by atoms with E-state index in [1.807, 2.05) is 9.80 Å². The molecule has 3 aliphatic heterocycles. The number of carbonyl (C=O) groups excluding carboxylic acids is 2. The van der Waals surface area contributed by atoms with E-state index in [0.717, 1.165) is 70.8 Å². The number of likely N-dealkylation sites (tertiary alicyclic amines) is 1. The molecule has 3 aliphatic rings. The van der Waals surface area contributed by atoms with Gasteiger partial charge in [-0.15, -0.1) is 0 Å². The van der Waals surface area contributed by atoms with E-state index in [4.69, 9.17) is 11.6 Å². The zero-order valence-electron chi connectivity index (χ0n) is 15.5.